The lowest BCUT2D eigenvalue weighted by Gasteiger charge is -2.01. The van der Waals surface area contributed by atoms with Crippen molar-refractivity contribution in [3.05, 3.63) is 48.5 Å². The van der Waals surface area contributed by atoms with Gasteiger partial charge in [-0.3, -0.25) is 0 Å². The lowest BCUT2D eigenvalue weighted by Crippen LogP contribution is -1.91. The molecule has 0 aliphatic heterocycles. The van der Waals surface area contributed by atoms with Crippen LogP contribution in [0.5, 0.6) is 0 Å². The van der Waals surface area contributed by atoms with Crippen molar-refractivity contribution in [2.45, 2.75) is 4.90 Å². The SMILES string of the molecule is Cn1c(-c2ccccc2)nc2ccc(S)cc21. The van der Waals surface area contributed by atoms with Crippen molar-refractivity contribution in [2.75, 3.05) is 0 Å². The zero-order valence-corrected chi connectivity index (χ0v) is 10.4. The average molecular weight is 240 g/mol. The highest BCUT2D eigenvalue weighted by Crippen LogP contribution is 2.24. The van der Waals surface area contributed by atoms with E-state index in [4.69, 9.17) is 0 Å². The van der Waals surface area contributed by atoms with Gasteiger partial charge in [0.2, 0.25) is 0 Å². The van der Waals surface area contributed by atoms with E-state index in [0.717, 1.165) is 27.3 Å². The standard InChI is InChI=1S/C14H12N2S/c1-16-13-9-11(17)7-8-12(13)15-14(16)10-5-3-2-4-6-10/h2-9,17H,1H3. The van der Waals surface area contributed by atoms with Gasteiger partial charge < -0.3 is 4.57 Å². The first-order chi connectivity index (χ1) is 8.25. The largest absolute Gasteiger partial charge is 0.327 e. The Hall–Kier alpha value is -1.74. The molecule has 0 N–H and O–H groups in total. The quantitative estimate of drug-likeness (QED) is 0.644. The van der Waals surface area contributed by atoms with Gasteiger partial charge in [-0.1, -0.05) is 30.3 Å². The Morgan fingerprint density at radius 2 is 1.82 bits per heavy atom. The van der Waals surface area contributed by atoms with E-state index >= 15 is 0 Å². The second-order valence-electron chi connectivity index (χ2n) is 4.03. The molecular weight excluding hydrogens is 228 g/mol. The molecule has 0 bridgehead atoms. The Morgan fingerprint density at radius 3 is 2.59 bits per heavy atom. The highest BCUT2D eigenvalue weighted by molar-refractivity contribution is 7.80. The molecule has 3 aromatic rings. The van der Waals surface area contributed by atoms with Crippen molar-refractivity contribution in [1.29, 1.82) is 0 Å². The fraction of sp³-hybridized carbons (Fsp3) is 0.0714. The van der Waals surface area contributed by atoms with Gasteiger partial charge in [-0.05, 0) is 18.2 Å². The van der Waals surface area contributed by atoms with Crippen molar-refractivity contribution in [3.63, 3.8) is 0 Å². The van der Waals surface area contributed by atoms with Crippen LogP contribution in [-0.2, 0) is 7.05 Å². The van der Waals surface area contributed by atoms with Gasteiger partial charge >= 0.3 is 0 Å². The van der Waals surface area contributed by atoms with E-state index < -0.39 is 0 Å². The zero-order valence-electron chi connectivity index (χ0n) is 9.46. The molecule has 1 heterocycles. The number of thiol groups is 1. The number of aryl methyl sites for hydroxylation is 1. The van der Waals surface area contributed by atoms with Crippen molar-refractivity contribution >= 4 is 23.7 Å². The van der Waals surface area contributed by atoms with Gasteiger partial charge in [-0.15, -0.1) is 12.6 Å². The molecule has 2 aromatic carbocycles. The van der Waals surface area contributed by atoms with Crippen LogP contribution in [0.2, 0.25) is 0 Å². The van der Waals surface area contributed by atoms with E-state index in [-0.39, 0.29) is 0 Å². The fourth-order valence-corrected chi connectivity index (χ4v) is 2.22. The number of rotatable bonds is 1. The highest BCUT2D eigenvalue weighted by Gasteiger charge is 2.09. The Kier molecular flexibility index (Phi) is 2.41. The van der Waals surface area contributed by atoms with Gasteiger partial charge in [0.15, 0.2) is 0 Å². The Balaban J connectivity index is 2.28. The van der Waals surface area contributed by atoms with Gasteiger partial charge in [-0.25, -0.2) is 4.98 Å². The summed E-state index contributed by atoms with van der Waals surface area (Å²) in [6.07, 6.45) is 0. The van der Waals surface area contributed by atoms with Crippen LogP contribution in [0.4, 0.5) is 0 Å². The molecule has 0 aliphatic carbocycles. The molecule has 3 rings (SSSR count). The number of hydrogen-bond acceptors (Lipinski definition) is 2. The molecule has 0 saturated heterocycles. The number of aromatic nitrogens is 2. The molecule has 0 aliphatic rings. The number of fused-ring (bicyclic) bond motifs is 1. The zero-order chi connectivity index (χ0) is 11.8. The topological polar surface area (TPSA) is 17.8 Å². The third-order valence-electron chi connectivity index (χ3n) is 2.90. The normalized spacial score (nSPS) is 10.9. The predicted octanol–water partition coefficient (Wildman–Crippen LogP) is 3.53. The lowest BCUT2D eigenvalue weighted by molar-refractivity contribution is 0.958. The van der Waals surface area contributed by atoms with Crippen LogP contribution < -0.4 is 0 Å². The minimum atomic E-state index is 0.958. The van der Waals surface area contributed by atoms with Gasteiger partial charge in [0.1, 0.15) is 5.82 Å². The number of benzene rings is 2. The Morgan fingerprint density at radius 1 is 1.06 bits per heavy atom. The smallest absolute Gasteiger partial charge is 0.140 e. The van der Waals surface area contributed by atoms with Gasteiger partial charge in [-0.2, -0.15) is 0 Å². The lowest BCUT2D eigenvalue weighted by atomic mass is 10.2. The van der Waals surface area contributed by atoms with Crippen LogP contribution in [0.25, 0.3) is 22.4 Å². The molecule has 17 heavy (non-hydrogen) atoms. The van der Waals surface area contributed by atoms with E-state index in [1.807, 2.05) is 43.4 Å². The van der Waals surface area contributed by atoms with Crippen LogP contribution >= 0.6 is 12.6 Å². The number of hydrogen-bond donors (Lipinski definition) is 1. The van der Waals surface area contributed by atoms with Gasteiger partial charge in [0.25, 0.3) is 0 Å². The highest BCUT2D eigenvalue weighted by atomic mass is 32.1. The minimum absolute atomic E-state index is 0.958. The van der Waals surface area contributed by atoms with Crippen molar-refractivity contribution in [1.82, 2.24) is 9.55 Å². The monoisotopic (exact) mass is 240 g/mol. The predicted molar refractivity (Wildman–Crippen MR) is 73.4 cm³/mol. The molecule has 3 heteroatoms. The summed E-state index contributed by atoms with van der Waals surface area (Å²) in [6.45, 7) is 0. The Bertz CT molecular complexity index is 671. The van der Waals surface area contributed by atoms with Crippen LogP contribution in [0.3, 0.4) is 0 Å². The molecule has 2 nitrogen and oxygen atoms in total. The summed E-state index contributed by atoms with van der Waals surface area (Å²) >= 11 is 4.36. The van der Waals surface area contributed by atoms with Crippen molar-refractivity contribution in [3.8, 4) is 11.4 Å². The second-order valence-corrected chi connectivity index (χ2v) is 4.55. The summed E-state index contributed by atoms with van der Waals surface area (Å²) in [5.74, 6) is 0.986. The number of nitrogens with zero attached hydrogens (tertiary/aromatic N) is 2. The van der Waals surface area contributed by atoms with Crippen molar-refractivity contribution in [2.24, 2.45) is 7.05 Å². The van der Waals surface area contributed by atoms with Crippen LogP contribution in [-0.4, -0.2) is 9.55 Å². The first-order valence-corrected chi connectivity index (χ1v) is 5.91. The third-order valence-corrected chi connectivity index (χ3v) is 3.17. The maximum absolute atomic E-state index is 4.65. The van der Waals surface area contributed by atoms with Gasteiger partial charge in [0, 0.05) is 17.5 Å². The van der Waals surface area contributed by atoms with Crippen LogP contribution in [0.15, 0.2) is 53.4 Å². The van der Waals surface area contributed by atoms with Crippen LogP contribution in [0, 0.1) is 0 Å². The van der Waals surface area contributed by atoms with Crippen molar-refractivity contribution < 1.29 is 0 Å². The molecule has 0 atom stereocenters. The number of imidazole rings is 1. The summed E-state index contributed by atoms with van der Waals surface area (Å²) in [5, 5.41) is 0. The van der Waals surface area contributed by atoms with E-state index in [0.29, 0.717) is 0 Å². The average Bonchev–Trinajstić information content (AvgIpc) is 2.68. The molecule has 1 aromatic heterocycles. The first-order valence-electron chi connectivity index (χ1n) is 5.46. The molecule has 0 fully saturated rings. The molecular formula is C14H12N2S. The minimum Gasteiger partial charge on any atom is -0.327 e. The molecule has 0 amide bonds. The van der Waals surface area contributed by atoms with E-state index in [9.17, 15) is 0 Å². The first kappa shape index (κ1) is 10.4. The molecule has 0 saturated carbocycles. The van der Waals surface area contributed by atoms with E-state index in [1.165, 1.54) is 0 Å². The maximum atomic E-state index is 4.65. The third kappa shape index (κ3) is 1.72. The fourth-order valence-electron chi connectivity index (χ4n) is 2.02. The molecule has 0 radical (unpaired) electrons. The second kappa shape index (κ2) is 3.93. The van der Waals surface area contributed by atoms with Crippen LogP contribution in [0.1, 0.15) is 0 Å². The summed E-state index contributed by atoms with van der Waals surface area (Å²) in [5.41, 5.74) is 3.24. The summed E-state index contributed by atoms with van der Waals surface area (Å²) in [7, 11) is 2.03. The van der Waals surface area contributed by atoms with Gasteiger partial charge in [0.05, 0.1) is 11.0 Å². The van der Waals surface area contributed by atoms with E-state index in [1.54, 1.807) is 0 Å². The maximum Gasteiger partial charge on any atom is 0.140 e. The molecule has 0 unspecified atom stereocenters. The summed E-state index contributed by atoms with van der Waals surface area (Å²) in [6, 6.07) is 16.2. The molecule has 0 spiro atoms. The van der Waals surface area contributed by atoms with E-state index in [2.05, 4.69) is 34.3 Å². The Labute approximate surface area is 105 Å². The summed E-state index contributed by atoms with van der Waals surface area (Å²) < 4.78 is 2.10. The molecule has 84 valence electrons. The summed E-state index contributed by atoms with van der Waals surface area (Å²) in [4.78, 5) is 5.61.